The van der Waals surface area contributed by atoms with Gasteiger partial charge in [-0.25, -0.2) is 4.98 Å². The van der Waals surface area contributed by atoms with Crippen LogP contribution >= 0.6 is 11.3 Å². The number of anilines is 1. The lowest BCUT2D eigenvalue weighted by atomic mass is 9.90. The lowest BCUT2D eigenvalue weighted by molar-refractivity contribution is -0.147. The van der Waals surface area contributed by atoms with Gasteiger partial charge in [-0.3, -0.25) is 9.59 Å². The Morgan fingerprint density at radius 2 is 2.17 bits per heavy atom. The molecule has 2 rings (SSSR count). The van der Waals surface area contributed by atoms with Gasteiger partial charge in [0.25, 0.3) is 0 Å². The molecule has 1 saturated heterocycles. The standard InChI is InChI=1S/C12H16N2O3S/c1-6-7(2)18-11(13-6)14-10(16)8-5-9(15)17-12(8,3)4/h8H,5H2,1-4H3,(H,13,14,16)/t8-/m1/s1. The lowest BCUT2D eigenvalue weighted by Crippen LogP contribution is -2.36. The smallest absolute Gasteiger partial charge is 0.307 e. The Balaban J connectivity index is 2.11. The molecule has 1 aliphatic heterocycles. The highest BCUT2D eigenvalue weighted by Gasteiger charge is 2.46. The number of aryl methyl sites for hydroxylation is 2. The van der Waals surface area contributed by atoms with Crippen molar-refractivity contribution in [1.29, 1.82) is 0 Å². The van der Waals surface area contributed by atoms with Gasteiger partial charge in [0.05, 0.1) is 18.0 Å². The molecule has 1 aliphatic rings. The van der Waals surface area contributed by atoms with E-state index in [1.165, 1.54) is 11.3 Å². The van der Waals surface area contributed by atoms with Crippen molar-refractivity contribution in [3.63, 3.8) is 0 Å². The maximum absolute atomic E-state index is 12.1. The van der Waals surface area contributed by atoms with Crippen LogP contribution in [-0.2, 0) is 14.3 Å². The number of ether oxygens (including phenoxy) is 1. The van der Waals surface area contributed by atoms with E-state index in [-0.39, 0.29) is 18.3 Å². The van der Waals surface area contributed by atoms with Gasteiger partial charge < -0.3 is 10.1 Å². The Morgan fingerprint density at radius 3 is 2.61 bits per heavy atom. The number of rotatable bonds is 2. The van der Waals surface area contributed by atoms with E-state index in [0.717, 1.165) is 10.6 Å². The molecule has 0 aromatic carbocycles. The van der Waals surface area contributed by atoms with E-state index in [4.69, 9.17) is 4.74 Å². The van der Waals surface area contributed by atoms with E-state index >= 15 is 0 Å². The largest absolute Gasteiger partial charge is 0.459 e. The van der Waals surface area contributed by atoms with Crippen LogP contribution in [0.5, 0.6) is 0 Å². The summed E-state index contributed by atoms with van der Waals surface area (Å²) in [6.07, 6.45) is 0.127. The summed E-state index contributed by atoms with van der Waals surface area (Å²) in [5.41, 5.74) is 0.163. The Labute approximate surface area is 110 Å². The average molecular weight is 268 g/mol. The number of carbonyl (C=O) groups is 2. The summed E-state index contributed by atoms with van der Waals surface area (Å²) in [6, 6.07) is 0. The van der Waals surface area contributed by atoms with Crippen LogP contribution in [0.15, 0.2) is 0 Å². The Bertz CT molecular complexity index is 488. The summed E-state index contributed by atoms with van der Waals surface area (Å²) >= 11 is 1.43. The number of hydrogen-bond acceptors (Lipinski definition) is 5. The molecule has 18 heavy (non-hydrogen) atoms. The van der Waals surface area contributed by atoms with Gasteiger partial charge in [-0.2, -0.15) is 0 Å². The van der Waals surface area contributed by atoms with Crippen molar-refractivity contribution >= 4 is 28.3 Å². The number of nitrogens with one attached hydrogen (secondary N) is 1. The first-order chi connectivity index (χ1) is 8.29. The summed E-state index contributed by atoms with van der Waals surface area (Å²) in [5, 5.41) is 3.33. The first-order valence-corrected chi connectivity index (χ1v) is 6.58. The van der Waals surface area contributed by atoms with E-state index in [9.17, 15) is 9.59 Å². The van der Waals surface area contributed by atoms with Gasteiger partial charge in [0.1, 0.15) is 5.60 Å². The first kappa shape index (κ1) is 13.0. The van der Waals surface area contributed by atoms with Gasteiger partial charge in [-0.1, -0.05) is 0 Å². The molecule has 1 N–H and O–H groups in total. The Kier molecular flexibility index (Phi) is 3.14. The summed E-state index contributed by atoms with van der Waals surface area (Å²) < 4.78 is 5.13. The van der Waals surface area contributed by atoms with Gasteiger partial charge in [-0.15, -0.1) is 11.3 Å². The minimum Gasteiger partial charge on any atom is -0.459 e. The van der Waals surface area contributed by atoms with Crippen LogP contribution in [0.4, 0.5) is 5.13 Å². The zero-order chi connectivity index (χ0) is 13.5. The number of carbonyl (C=O) groups excluding carboxylic acids is 2. The molecule has 0 bridgehead atoms. The fourth-order valence-corrected chi connectivity index (χ4v) is 2.76. The SMILES string of the molecule is Cc1nc(NC(=O)[C@H]2CC(=O)OC2(C)C)sc1C. The number of nitrogens with zero attached hydrogens (tertiary/aromatic N) is 1. The van der Waals surface area contributed by atoms with Crippen molar-refractivity contribution in [1.82, 2.24) is 4.98 Å². The second kappa shape index (κ2) is 4.35. The molecule has 5 nitrogen and oxygen atoms in total. The van der Waals surface area contributed by atoms with Crippen molar-refractivity contribution < 1.29 is 14.3 Å². The molecule has 6 heteroatoms. The lowest BCUT2D eigenvalue weighted by Gasteiger charge is -2.23. The third kappa shape index (κ3) is 2.38. The summed E-state index contributed by atoms with van der Waals surface area (Å²) in [5.74, 6) is -0.999. The number of aromatic nitrogens is 1. The number of esters is 1. The van der Waals surface area contributed by atoms with Crippen molar-refractivity contribution in [2.24, 2.45) is 5.92 Å². The van der Waals surface area contributed by atoms with Gasteiger partial charge in [0.15, 0.2) is 5.13 Å². The highest BCUT2D eigenvalue weighted by atomic mass is 32.1. The summed E-state index contributed by atoms with van der Waals surface area (Å²) in [7, 11) is 0. The molecule has 0 unspecified atom stereocenters. The van der Waals surface area contributed by atoms with Crippen molar-refractivity contribution in [3.05, 3.63) is 10.6 Å². The number of cyclic esters (lactones) is 1. The van der Waals surface area contributed by atoms with Crippen LogP contribution in [-0.4, -0.2) is 22.5 Å². The third-order valence-electron chi connectivity index (χ3n) is 3.16. The molecule has 2 heterocycles. The first-order valence-electron chi connectivity index (χ1n) is 5.76. The Morgan fingerprint density at radius 1 is 1.50 bits per heavy atom. The molecule has 98 valence electrons. The highest BCUT2D eigenvalue weighted by Crippen LogP contribution is 2.33. The van der Waals surface area contributed by atoms with E-state index in [2.05, 4.69) is 10.3 Å². The monoisotopic (exact) mass is 268 g/mol. The number of amides is 1. The van der Waals surface area contributed by atoms with Crippen molar-refractivity contribution in [2.75, 3.05) is 5.32 Å². The molecule has 1 amide bonds. The van der Waals surface area contributed by atoms with Crippen LogP contribution in [0.2, 0.25) is 0 Å². The summed E-state index contributed by atoms with van der Waals surface area (Å²) in [4.78, 5) is 28.7. The molecule has 1 aromatic rings. The van der Waals surface area contributed by atoms with E-state index in [0.29, 0.717) is 5.13 Å². The topological polar surface area (TPSA) is 68.3 Å². The van der Waals surface area contributed by atoms with Gasteiger partial charge >= 0.3 is 5.97 Å². The summed E-state index contributed by atoms with van der Waals surface area (Å²) in [6.45, 7) is 7.35. The van der Waals surface area contributed by atoms with Gasteiger partial charge in [-0.05, 0) is 27.7 Å². The predicted octanol–water partition coefficient (Wildman–Crippen LogP) is 2.04. The second-order valence-electron chi connectivity index (χ2n) is 4.98. The second-order valence-corrected chi connectivity index (χ2v) is 6.19. The maximum Gasteiger partial charge on any atom is 0.307 e. The predicted molar refractivity (Wildman–Crippen MR) is 68.5 cm³/mol. The van der Waals surface area contributed by atoms with Crippen molar-refractivity contribution in [2.45, 2.75) is 39.7 Å². The quantitative estimate of drug-likeness (QED) is 0.833. The molecule has 0 saturated carbocycles. The third-order valence-corrected chi connectivity index (χ3v) is 4.15. The van der Waals surface area contributed by atoms with Crippen LogP contribution in [0.1, 0.15) is 30.8 Å². The molecule has 1 aromatic heterocycles. The molecular formula is C12H16N2O3S. The average Bonchev–Trinajstić information content (AvgIpc) is 2.67. The molecule has 1 atom stereocenters. The van der Waals surface area contributed by atoms with Crippen LogP contribution in [0.3, 0.4) is 0 Å². The van der Waals surface area contributed by atoms with Crippen molar-refractivity contribution in [3.8, 4) is 0 Å². The normalized spacial score (nSPS) is 21.8. The van der Waals surface area contributed by atoms with Gasteiger partial charge in [0, 0.05) is 4.88 Å². The van der Waals surface area contributed by atoms with Crippen LogP contribution in [0.25, 0.3) is 0 Å². The minimum atomic E-state index is -0.748. The Hall–Kier alpha value is -1.43. The number of hydrogen-bond donors (Lipinski definition) is 1. The molecule has 0 aliphatic carbocycles. The molecular weight excluding hydrogens is 252 g/mol. The molecule has 1 fully saturated rings. The maximum atomic E-state index is 12.1. The minimum absolute atomic E-state index is 0.127. The van der Waals surface area contributed by atoms with Gasteiger partial charge in [0.2, 0.25) is 5.91 Å². The highest BCUT2D eigenvalue weighted by molar-refractivity contribution is 7.15. The fourth-order valence-electron chi connectivity index (χ4n) is 1.95. The van der Waals surface area contributed by atoms with Crippen LogP contribution < -0.4 is 5.32 Å². The fraction of sp³-hybridized carbons (Fsp3) is 0.583. The molecule has 0 radical (unpaired) electrons. The zero-order valence-corrected chi connectivity index (χ0v) is 11.7. The van der Waals surface area contributed by atoms with E-state index in [1.54, 1.807) is 13.8 Å². The molecule has 0 spiro atoms. The zero-order valence-electron chi connectivity index (χ0n) is 10.9. The van der Waals surface area contributed by atoms with E-state index < -0.39 is 11.5 Å². The van der Waals surface area contributed by atoms with Crippen LogP contribution in [0, 0.1) is 19.8 Å². The number of thiazole rings is 1. The van der Waals surface area contributed by atoms with E-state index in [1.807, 2.05) is 13.8 Å².